The van der Waals surface area contributed by atoms with Crippen molar-refractivity contribution in [3.63, 3.8) is 0 Å². The van der Waals surface area contributed by atoms with Gasteiger partial charge in [0.1, 0.15) is 0 Å². The van der Waals surface area contributed by atoms with Gasteiger partial charge in [-0.2, -0.15) is 0 Å². The minimum atomic E-state index is -0.110. The first-order chi connectivity index (χ1) is 9.01. The van der Waals surface area contributed by atoms with Crippen LogP contribution in [0.1, 0.15) is 56.5 Å². The van der Waals surface area contributed by atoms with Crippen LogP contribution >= 0.6 is 15.9 Å². The SMILES string of the molecule is CC(C)CC1(CNC(=O)c2ccc(Br)o2)CCCC1. The van der Waals surface area contributed by atoms with Crippen LogP contribution in [0.15, 0.2) is 21.2 Å². The molecule has 1 aliphatic rings. The second kappa shape index (κ2) is 6.12. The monoisotopic (exact) mass is 327 g/mol. The van der Waals surface area contributed by atoms with Gasteiger partial charge in [-0.15, -0.1) is 0 Å². The number of furan rings is 1. The van der Waals surface area contributed by atoms with Crippen molar-refractivity contribution in [2.45, 2.75) is 46.0 Å². The zero-order chi connectivity index (χ0) is 13.9. The van der Waals surface area contributed by atoms with E-state index < -0.39 is 0 Å². The Labute approximate surface area is 123 Å². The molecule has 0 radical (unpaired) electrons. The molecule has 1 aliphatic carbocycles. The van der Waals surface area contributed by atoms with Crippen LogP contribution in [0.3, 0.4) is 0 Å². The van der Waals surface area contributed by atoms with E-state index in [1.165, 1.54) is 32.1 Å². The lowest BCUT2D eigenvalue weighted by Gasteiger charge is -2.31. The van der Waals surface area contributed by atoms with Gasteiger partial charge in [0, 0.05) is 6.54 Å². The molecule has 1 aromatic heterocycles. The zero-order valence-corrected chi connectivity index (χ0v) is 13.3. The van der Waals surface area contributed by atoms with Crippen LogP contribution in [0.2, 0.25) is 0 Å². The Bertz CT molecular complexity index is 433. The molecule has 2 rings (SSSR count). The van der Waals surface area contributed by atoms with E-state index in [1.54, 1.807) is 12.1 Å². The van der Waals surface area contributed by atoms with Crippen LogP contribution in [0.4, 0.5) is 0 Å². The fourth-order valence-corrected chi connectivity index (χ4v) is 3.54. The van der Waals surface area contributed by atoms with Gasteiger partial charge in [0.25, 0.3) is 5.91 Å². The Balaban J connectivity index is 1.94. The van der Waals surface area contributed by atoms with Crippen molar-refractivity contribution in [3.8, 4) is 0 Å². The van der Waals surface area contributed by atoms with E-state index >= 15 is 0 Å². The van der Waals surface area contributed by atoms with Crippen molar-refractivity contribution in [2.75, 3.05) is 6.54 Å². The van der Waals surface area contributed by atoms with E-state index in [-0.39, 0.29) is 5.91 Å². The molecule has 4 heteroatoms. The average molecular weight is 328 g/mol. The number of nitrogens with one attached hydrogen (secondary N) is 1. The molecule has 1 aromatic rings. The summed E-state index contributed by atoms with van der Waals surface area (Å²) in [5.41, 5.74) is 0.299. The predicted octanol–water partition coefficient (Wildman–Crippen LogP) is 4.38. The van der Waals surface area contributed by atoms with Gasteiger partial charge < -0.3 is 9.73 Å². The van der Waals surface area contributed by atoms with Gasteiger partial charge in [-0.3, -0.25) is 4.79 Å². The van der Waals surface area contributed by atoms with Gasteiger partial charge >= 0.3 is 0 Å². The molecule has 1 fully saturated rings. The normalized spacial score (nSPS) is 17.9. The van der Waals surface area contributed by atoms with Crippen LogP contribution in [0.25, 0.3) is 0 Å². The quantitative estimate of drug-likeness (QED) is 0.872. The predicted molar refractivity (Wildman–Crippen MR) is 79.1 cm³/mol. The minimum absolute atomic E-state index is 0.110. The second-order valence-electron chi connectivity index (χ2n) is 6.09. The third-order valence-corrected chi connectivity index (χ3v) is 4.35. The molecule has 19 heavy (non-hydrogen) atoms. The first-order valence-corrected chi connectivity index (χ1v) is 7.84. The van der Waals surface area contributed by atoms with E-state index in [9.17, 15) is 4.79 Å². The summed E-state index contributed by atoms with van der Waals surface area (Å²) in [6.07, 6.45) is 6.22. The molecule has 3 nitrogen and oxygen atoms in total. The van der Waals surface area contributed by atoms with E-state index in [2.05, 4.69) is 35.1 Å². The van der Waals surface area contributed by atoms with Crippen molar-refractivity contribution >= 4 is 21.8 Å². The van der Waals surface area contributed by atoms with Crippen LogP contribution in [0.5, 0.6) is 0 Å². The molecule has 0 bridgehead atoms. The van der Waals surface area contributed by atoms with Gasteiger partial charge in [-0.1, -0.05) is 26.7 Å². The van der Waals surface area contributed by atoms with Crippen LogP contribution in [-0.4, -0.2) is 12.5 Å². The molecular weight excluding hydrogens is 306 g/mol. The molecular formula is C15H22BrNO2. The first kappa shape index (κ1) is 14.6. The highest BCUT2D eigenvalue weighted by molar-refractivity contribution is 9.10. The summed E-state index contributed by atoms with van der Waals surface area (Å²) in [6, 6.07) is 3.44. The van der Waals surface area contributed by atoms with Gasteiger partial charge in [-0.05, 0) is 58.7 Å². The number of amides is 1. The van der Waals surface area contributed by atoms with Crippen molar-refractivity contribution in [1.29, 1.82) is 0 Å². The van der Waals surface area contributed by atoms with Gasteiger partial charge in [0.2, 0.25) is 0 Å². The number of rotatable bonds is 5. The Morgan fingerprint density at radius 2 is 2.11 bits per heavy atom. The molecule has 0 aliphatic heterocycles. The van der Waals surface area contributed by atoms with Crippen molar-refractivity contribution in [1.82, 2.24) is 5.32 Å². The summed E-state index contributed by atoms with van der Waals surface area (Å²) < 4.78 is 5.87. The molecule has 0 spiro atoms. The summed E-state index contributed by atoms with van der Waals surface area (Å²) >= 11 is 3.21. The highest BCUT2D eigenvalue weighted by Gasteiger charge is 2.34. The van der Waals surface area contributed by atoms with E-state index in [1.807, 2.05) is 0 Å². The smallest absolute Gasteiger partial charge is 0.287 e. The Morgan fingerprint density at radius 3 is 2.63 bits per heavy atom. The summed E-state index contributed by atoms with van der Waals surface area (Å²) in [7, 11) is 0. The van der Waals surface area contributed by atoms with Crippen LogP contribution < -0.4 is 5.32 Å². The van der Waals surface area contributed by atoms with Crippen LogP contribution in [0, 0.1) is 11.3 Å². The largest absolute Gasteiger partial charge is 0.444 e. The molecule has 1 saturated carbocycles. The number of hydrogen-bond donors (Lipinski definition) is 1. The topological polar surface area (TPSA) is 42.2 Å². The molecule has 1 heterocycles. The van der Waals surface area contributed by atoms with Crippen LogP contribution in [-0.2, 0) is 0 Å². The second-order valence-corrected chi connectivity index (χ2v) is 6.87. The summed E-state index contributed by atoms with van der Waals surface area (Å²) in [5, 5.41) is 3.05. The minimum Gasteiger partial charge on any atom is -0.444 e. The highest BCUT2D eigenvalue weighted by atomic mass is 79.9. The zero-order valence-electron chi connectivity index (χ0n) is 11.7. The molecule has 0 saturated heterocycles. The molecule has 0 unspecified atom stereocenters. The first-order valence-electron chi connectivity index (χ1n) is 7.04. The molecule has 1 amide bonds. The van der Waals surface area contributed by atoms with Gasteiger partial charge in [-0.25, -0.2) is 0 Å². The number of carbonyl (C=O) groups excluding carboxylic acids is 1. The van der Waals surface area contributed by atoms with Crippen molar-refractivity contribution < 1.29 is 9.21 Å². The Hall–Kier alpha value is -0.770. The standard InChI is InChI=1S/C15H22BrNO2/c1-11(2)9-15(7-3-4-8-15)10-17-14(18)12-5-6-13(16)19-12/h5-6,11H,3-4,7-10H2,1-2H3,(H,17,18). The third-order valence-electron chi connectivity index (χ3n) is 3.93. The third kappa shape index (κ3) is 3.85. The summed E-state index contributed by atoms with van der Waals surface area (Å²) in [6.45, 7) is 5.28. The average Bonchev–Trinajstić information content (AvgIpc) is 2.95. The van der Waals surface area contributed by atoms with E-state index in [0.717, 1.165) is 6.54 Å². The molecule has 0 aromatic carbocycles. The van der Waals surface area contributed by atoms with Gasteiger partial charge in [0.15, 0.2) is 10.4 Å². The maximum atomic E-state index is 12.0. The molecule has 106 valence electrons. The highest BCUT2D eigenvalue weighted by Crippen LogP contribution is 2.42. The fourth-order valence-electron chi connectivity index (χ4n) is 3.24. The van der Waals surface area contributed by atoms with Crippen molar-refractivity contribution in [3.05, 3.63) is 22.6 Å². The maximum Gasteiger partial charge on any atom is 0.287 e. The lowest BCUT2D eigenvalue weighted by Crippen LogP contribution is -2.36. The van der Waals surface area contributed by atoms with E-state index in [0.29, 0.717) is 21.8 Å². The van der Waals surface area contributed by atoms with Crippen molar-refractivity contribution in [2.24, 2.45) is 11.3 Å². The number of carbonyl (C=O) groups is 1. The van der Waals surface area contributed by atoms with E-state index in [4.69, 9.17) is 4.42 Å². The number of halogens is 1. The maximum absolute atomic E-state index is 12.0. The summed E-state index contributed by atoms with van der Waals surface area (Å²) in [5.74, 6) is 0.943. The Kier molecular flexibility index (Phi) is 4.71. The summed E-state index contributed by atoms with van der Waals surface area (Å²) in [4.78, 5) is 12.0. The lowest BCUT2D eigenvalue weighted by atomic mass is 9.78. The number of hydrogen-bond acceptors (Lipinski definition) is 2. The lowest BCUT2D eigenvalue weighted by molar-refractivity contribution is 0.0893. The fraction of sp³-hybridized carbons (Fsp3) is 0.667. The molecule has 0 atom stereocenters. The van der Waals surface area contributed by atoms with Gasteiger partial charge in [0.05, 0.1) is 0 Å². The Morgan fingerprint density at radius 1 is 1.42 bits per heavy atom. The molecule has 1 N–H and O–H groups in total.